The molecule has 0 bridgehead atoms. The van der Waals surface area contributed by atoms with Crippen molar-refractivity contribution in [3.63, 3.8) is 0 Å². The fourth-order valence-electron chi connectivity index (χ4n) is 11.4. The van der Waals surface area contributed by atoms with Crippen LogP contribution in [0.4, 0.5) is 5.82 Å². The summed E-state index contributed by atoms with van der Waals surface area (Å²) < 4.78 is 7.49. The molecule has 16 nitrogen and oxygen atoms in total. The van der Waals surface area contributed by atoms with Crippen LogP contribution in [0.15, 0.2) is 85.3 Å². The topological polar surface area (TPSA) is 186 Å². The fourth-order valence-corrected chi connectivity index (χ4v) is 11.4. The Morgan fingerprint density at radius 3 is 2.40 bits per heavy atom. The number of aromatic nitrogens is 3. The quantitative estimate of drug-likeness (QED) is 0.139. The van der Waals surface area contributed by atoms with Crippen molar-refractivity contribution in [3.8, 4) is 22.9 Å². The van der Waals surface area contributed by atoms with E-state index in [0.29, 0.717) is 86.8 Å². The number of rotatable bonds is 13. The van der Waals surface area contributed by atoms with Gasteiger partial charge in [0.05, 0.1) is 30.1 Å². The van der Waals surface area contributed by atoms with Gasteiger partial charge in [0.25, 0.3) is 5.91 Å². The molecule has 1 atom stereocenters. The van der Waals surface area contributed by atoms with E-state index >= 15 is 0 Å². The monoisotopic (exact) mass is 944 g/mol. The third-order valence-electron chi connectivity index (χ3n) is 15.4. The number of pyridine rings is 2. The number of nitrogens with one attached hydrogen (secondary N) is 2. The van der Waals surface area contributed by atoms with Gasteiger partial charge in [-0.25, -0.2) is 9.50 Å². The van der Waals surface area contributed by atoms with Gasteiger partial charge in [0.15, 0.2) is 0 Å². The number of piperidine rings is 4. The molecule has 4 fully saturated rings. The van der Waals surface area contributed by atoms with E-state index in [1.54, 1.807) is 21.8 Å². The number of fused-ring (bicyclic) bond motifs is 2. The van der Waals surface area contributed by atoms with Crippen molar-refractivity contribution in [1.82, 2.24) is 39.9 Å². The Labute approximate surface area is 408 Å². The number of carbonyl (C=O) groups is 5. The zero-order chi connectivity index (χ0) is 48.4. The van der Waals surface area contributed by atoms with Gasteiger partial charge in [0.2, 0.25) is 23.6 Å². The number of amides is 5. The van der Waals surface area contributed by atoms with E-state index < -0.39 is 17.5 Å². The normalized spacial score (nSPS) is 20.0. The zero-order valence-corrected chi connectivity index (χ0v) is 39.8. The lowest BCUT2D eigenvalue weighted by Gasteiger charge is -2.44. The molecule has 16 heteroatoms. The first-order valence-corrected chi connectivity index (χ1v) is 25.0. The minimum absolute atomic E-state index is 0.0700. The van der Waals surface area contributed by atoms with Gasteiger partial charge in [0, 0.05) is 86.5 Å². The lowest BCUT2D eigenvalue weighted by Crippen LogP contribution is -2.58. The number of hydrogen-bond donors (Lipinski definition) is 2. The van der Waals surface area contributed by atoms with Crippen LogP contribution in [0, 0.1) is 17.2 Å². The zero-order valence-electron chi connectivity index (χ0n) is 39.8. The second-order valence-corrected chi connectivity index (χ2v) is 19.6. The van der Waals surface area contributed by atoms with Crippen LogP contribution in [-0.4, -0.2) is 123 Å². The van der Waals surface area contributed by atoms with Crippen molar-refractivity contribution in [2.75, 3.05) is 57.3 Å². The van der Waals surface area contributed by atoms with E-state index in [2.05, 4.69) is 49.8 Å². The van der Waals surface area contributed by atoms with Crippen LogP contribution in [0.5, 0.6) is 5.75 Å². The number of nitrogens with zero attached hydrogens (tertiary/aromatic N) is 8. The van der Waals surface area contributed by atoms with Crippen LogP contribution < -0.4 is 20.3 Å². The molecule has 0 saturated carbocycles. The van der Waals surface area contributed by atoms with E-state index in [0.717, 1.165) is 80.8 Å². The van der Waals surface area contributed by atoms with E-state index in [1.807, 2.05) is 66.6 Å². The highest BCUT2D eigenvalue weighted by molar-refractivity contribution is 6.05. The molecule has 3 aromatic heterocycles. The summed E-state index contributed by atoms with van der Waals surface area (Å²) >= 11 is 0. The van der Waals surface area contributed by atoms with Crippen LogP contribution in [0.3, 0.4) is 0 Å². The van der Waals surface area contributed by atoms with Gasteiger partial charge in [-0.3, -0.25) is 29.3 Å². The van der Waals surface area contributed by atoms with E-state index in [4.69, 9.17) is 9.72 Å². The second-order valence-electron chi connectivity index (χ2n) is 19.6. The number of carbonyl (C=O) groups excluding carboxylic acids is 5. The smallest absolute Gasteiger partial charge is 0.255 e. The highest BCUT2D eigenvalue weighted by atomic mass is 16.5. The molecule has 0 radical (unpaired) electrons. The Bertz CT molecular complexity index is 2820. The Kier molecular flexibility index (Phi) is 13.4. The van der Waals surface area contributed by atoms with Crippen LogP contribution in [-0.2, 0) is 32.1 Å². The Morgan fingerprint density at radius 1 is 0.900 bits per heavy atom. The van der Waals surface area contributed by atoms with Gasteiger partial charge >= 0.3 is 0 Å². The molecule has 0 spiro atoms. The summed E-state index contributed by atoms with van der Waals surface area (Å²) in [5.74, 6) is 1.07. The minimum atomic E-state index is -0.623. The molecule has 70 heavy (non-hydrogen) atoms. The molecule has 2 aromatic carbocycles. The van der Waals surface area contributed by atoms with Crippen molar-refractivity contribution < 1.29 is 28.7 Å². The predicted molar refractivity (Wildman–Crippen MR) is 262 cm³/mol. The molecule has 5 amide bonds. The lowest BCUT2D eigenvalue weighted by atomic mass is 9.80. The van der Waals surface area contributed by atoms with Gasteiger partial charge in [-0.1, -0.05) is 42.5 Å². The molecule has 4 saturated heterocycles. The highest BCUT2D eigenvalue weighted by Crippen LogP contribution is 2.36. The number of anilines is 1. The number of benzene rings is 2. The summed E-state index contributed by atoms with van der Waals surface area (Å²) in [6.07, 6.45) is 11.6. The molecule has 0 aliphatic carbocycles. The predicted octanol–water partition coefficient (Wildman–Crippen LogP) is 5.63. The van der Waals surface area contributed by atoms with Crippen molar-refractivity contribution in [1.29, 1.82) is 5.26 Å². The van der Waals surface area contributed by atoms with Crippen molar-refractivity contribution in [2.45, 2.75) is 95.2 Å². The van der Waals surface area contributed by atoms with Gasteiger partial charge in [-0.2, -0.15) is 10.4 Å². The Morgan fingerprint density at radius 2 is 1.69 bits per heavy atom. The van der Waals surface area contributed by atoms with E-state index in [-0.39, 0.29) is 36.0 Å². The highest BCUT2D eigenvalue weighted by Gasteiger charge is 2.41. The summed E-state index contributed by atoms with van der Waals surface area (Å²) in [4.78, 5) is 78.1. The molecule has 2 N–H and O–H groups in total. The molecular formula is C54H60N10O6. The van der Waals surface area contributed by atoms with Gasteiger partial charge in [0.1, 0.15) is 23.7 Å². The number of ether oxygens (including phenoxy) is 1. The van der Waals surface area contributed by atoms with E-state index in [9.17, 15) is 29.2 Å². The molecule has 10 rings (SSSR count). The van der Waals surface area contributed by atoms with Gasteiger partial charge in [-0.05, 0) is 118 Å². The van der Waals surface area contributed by atoms with Gasteiger partial charge < -0.3 is 29.7 Å². The minimum Gasteiger partial charge on any atom is -0.492 e. The first kappa shape index (κ1) is 46.6. The van der Waals surface area contributed by atoms with Crippen molar-refractivity contribution in [3.05, 3.63) is 113 Å². The molecular weight excluding hydrogens is 885 g/mol. The summed E-state index contributed by atoms with van der Waals surface area (Å²) in [6, 6.07) is 24.0. The first-order valence-electron chi connectivity index (χ1n) is 25.0. The van der Waals surface area contributed by atoms with Crippen LogP contribution in [0.2, 0.25) is 0 Å². The molecule has 5 aliphatic rings. The third-order valence-corrected chi connectivity index (χ3v) is 15.4. The summed E-state index contributed by atoms with van der Waals surface area (Å²) in [6.45, 7) is 7.86. The average molecular weight is 945 g/mol. The molecule has 362 valence electrons. The number of nitriles is 1. The number of imide groups is 1. The maximum atomic E-state index is 14.2. The van der Waals surface area contributed by atoms with Gasteiger partial charge in [-0.15, -0.1) is 0 Å². The number of likely N-dealkylation sites (tertiary alicyclic amines) is 2. The summed E-state index contributed by atoms with van der Waals surface area (Å²) in [7, 11) is 0. The van der Waals surface area contributed by atoms with Crippen molar-refractivity contribution in [2.24, 2.45) is 5.92 Å². The largest absolute Gasteiger partial charge is 0.492 e. The Balaban J connectivity index is 0.699. The lowest BCUT2D eigenvalue weighted by molar-refractivity contribution is -0.137. The maximum Gasteiger partial charge on any atom is 0.255 e. The second kappa shape index (κ2) is 20.1. The number of hydrogen-bond acceptors (Lipinski definition) is 11. The van der Waals surface area contributed by atoms with Crippen LogP contribution in [0.25, 0.3) is 16.6 Å². The Hall–Kier alpha value is -7.12. The van der Waals surface area contributed by atoms with E-state index in [1.165, 1.54) is 11.1 Å². The third kappa shape index (κ3) is 9.72. The maximum absolute atomic E-state index is 14.2. The average Bonchev–Trinajstić information content (AvgIpc) is 3.96. The standard InChI is InChI=1S/C54H60N10O6/c1-2-70-43-29-45(50-42(31-55)33-57-64(50)35-43)40-9-12-47(56-32-40)61-26-19-54(20-27-61,30-36-6-4-3-5-7-36)59-51(67)38-16-24-62(25-17-38)49(66)18-23-60-21-14-37(15-22-60)39-8-10-44-41(28-39)34-63(53(44)69)46-11-13-48(65)58-52(46)68/h3-10,12,28-29,32-33,35,37-38,46H,2,11,13-27,30,34H2,1H3,(H,59,67)(H,58,65,68). The van der Waals surface area contributed by atoms with Crippen LogP contribution in [0.1, 0.15) is 103 Å². The molecule has 5 aromatic rings. The molecule has 5 aliphatic heterocycles. The SMILES string of the molecule is CCOc1cc(-c2ccc(N3CCC(Cc4ccccc4)(NC(=O)C4CCN(C(=O)CCN5CCC(c6ccc7c(c6)CN(C6CCC(=O)NC6=O)C7=O)CC5)CC4)CC3)nc2)c2c(C#N)cnn2c1. The summed E-state index contributed by atoms with van der Waals surface area (Å²) in [5.41, 5.74) is 6.39. The summed E-state index contributed by atoms with van der Waals surface area (Å²) in [5, 5.41) is 20.1. The molecule has 8 heterocycles. The molecule has 1 unspecified atom stereocenters. The van der Waals surface area contributed by atoms with Crippen molar-refractivity contribution >= 4 is 40.9 Å². The fraction of sp³-hybridized carbons (Fsp3) is 0.444. The first-order chi connectivity index (χ1) is 34.1. The van der Waals surface area contributed by atoms with Crippen LogP contribution >= 0.6 is 0 Å².